The minimum absolute atomic E-state index is 0.109. The fourth-order valence-corrected chi connectivity index (χ4v) is 3.05. The summed E-state index contributed by atoms with van der Waals surface area (Å²) in [6, 6.07) is 9.99. The van der Waals surface area contributed by atoms with Gasteiger partial charge < -0.3 is 10.8 Å². The highest BCUT2D eigenvalue weighted by Gasteiger charge is 2.42. The first kappa shape index (κ1) is 14.4. The van der Waals surface area contributed by atoms with Gasteiger partial charge in [-0.2, -0.15) is 11.8 Å². The van der Waals surface area contributed by atoms with Crippen LogP contribution >= 0.6 is 11.8 Å². The van der Waals surface area contributed by atoms with E-state index in [0.29, 0.717) is 17.5 Å². The number of primary amides is 1. The van der Waals surface area contributed by atoms with E-state index in [9.17, 15) is 4.79 Å². The van der Waals surface area contributed by atoms with Crippen molar-refractivity contribution >= 4 is 17.7 Å². The van der Waals surface area contributed by atoms with Crippen LogP contribution in [-0.4, -0.2) is 35.2 Å². The number of carbonyl (C=O) groups excluding carboxylic acids is 1. The number of nitrogens with two attached hydrogens (primary N) is 1. The molecule has 1 aliphatic rings. The van der Waals surface area contributed by atoms with E-state index in [4.69, 9.17) is 10.8 Å². The van der Waals surface area contributed by atoms with E-state index >= 15 is 0 Å². The average molecular weight is 280 g/mol. The molecule has 1 saturated carbocycles. The fraction of sp³-hybridized carbons (Fsp3) is 0.500. The normalized spacial score (nSPS) is 17.9. The van der Waals surface area contributed by atoms with Crippen LogP contribution in [0.1, 0.15) is 18.4 Å². The molecule has 4 nitrogen and oxygen atoms in total. The lowest BCUT2D eigenvalue weighted by molar-refractivity contribution is -0.124. The van der Waals surface area contributed by atoms with E-state index in [2.05, 4.69) is 5.32 Å². The third kappa shape index (κ3) is 3.49. The molecular weight excluding hydrogens is 260 g/mol. The van der Waals surface area contributed by atoms with Gasteiger partial charge in [0.15, 0.2) is 0 Å². The van der Waals surface area contributed by atoms with Gasteiger partial charge in [0.2, 0.25) is 5.91 Å². The maximum atomic E-state index is 12.1. The number of thioether (sulfide) groups is 1. The molecule has 0 aliphatic heterocycles. The van der Waals surface area contributed by atoms with Crippen LogP contribution in [0.4, 0.5) is 0 Å². The minimum Gasteiger partial charge on any atom is -0.396 e. The molecule has 1 atom stereocenters. The SMILES string of the molecule is NC(=O)C(CSCCO)(NC1CC1)c1ccccc1. The first-order valence-electron chi connectivity index (χ1n) is 6.51. The molecule has 2 rings (SSSR count). The number of rotatable bonds is 8. The Labute approximate surface area is 117 Å². The molecular formula is C14H20N2O2S. The number of nitrogens with one attached hydrogen (secondary N) is 1. The largest absolute Gasteiger partial charge is 0.396 e. The van der Waals surface area contributed by atoms with E-state index in [1.165, 1.54) is 11.8 Å². The van der Waals surface area contributed by atoms with Crippen molar-refractivity contribution in [1.29, 1.82) is 0 Å². The maximum absolute atomic E-state index is 12.1. The van der Waals surface area contributed by atoms with Gasteiger partial charge in [0.25, 0.3) is 0 Å². The van der Waals surface area contributed by atoms with E-state index in [0.717, 1.165) is 18.4 Å². The Hall–Kier alpha value is -1.04. The van der Waals surface area contributed by atoms with Gasteiger partial charge in [0, 0.05) is 17.5 Å². The zero-order valence-corrected chi connectivity index (χ0v) is 11.7. The molecule has 1 aromatic carbocycles. The van der Waals surface area contributed by atoms with Crippen LogP contribution < -0.4 is 11.1 Å². The zero-order chi connectivity index (χ0) is 13.7. The molecule has 0 radical (unpaired) electrons. The van der Waals surface area contributed by atoms with Crippen molar-refractivity contribution in [3.8, 4) is 0 Å². The van der Waals surface area contributed by atoms with Crippen molar-refractivity contribution < 1.29 is 9.90 Å². The molecule has 1 amide bonds. The average Bonchev–Trinajstić information content (AvgIpc) is 3.22. The monoisotopic (exact) mass is 280 g/mol. The third-order valence-electron chi connectivity index (χ3n) is 3.27. The second kappa shape index (κ2) is 6.41. The maximum Gasteiger partial charge on any atom is 0.243 e. The van der Waals surface area contributed by atoms with Gasteiger partial charge in [-0.05, 0) is 18.4 Å². The first-order chi connectivity index (χ1) is 9.19. The van der Waals surface area contributed by atoms with Crippen LogP contribution in [0.3, 0.4) is 0 Å². The van der Waals surface area contributed by atoms with E-state index in [-0.39, 0.29) is 12.5 Å². The molecule has 0 bridgehead atoms. The first-order valence-corrected chi connectivity index (χ1v) is 7.66. The summed E-state index contributed by atoms with van der Waals surface area (Å²) in [5, 5.41) is 12.3. The summed E-state index contributed by atoms with van der Waals surface area (Å²) in [5.74, 6) is 0.800. The molecule has 104 valence electrons. The molecule has 1 fully saturated rings. The standard InChI is InChI=1S/C14H20N2O2S/c15-13(18)14(10-19-9-8-17,16-12-6-7-12)11-4-2-1-3-5-11/h1-5,12,16-17H,6-10H2,(H2,15,18). The Morgan fingerprint density at radius 1 is 1.42 bits per heavy atom. The summed E-state index contributed by atoms with van der Waals surface area (Å²) in [5.41, 5.74) is 5.76. The van der Waals surface area contributed by atoms with Crippen LogP contribution in [0.25, 0.3) is 0 Å². The van der Waals surface area contributed by atoms with Crippen molar-refractivity contribution in [3.05, 3.63) is 35.9 Å². The molecule has 1 aliphatic carbocycles. The van der Waals surface area contributed by atoms with Gasteiger partial charge in [0.05, 0.1) is 6.61 Å². The van der Waals surface area contributed by atoms with Gasteiger partial charge in [-0.15, -0.1) is 0 Å². The number of aliphatic hydroxyl groups is 1. The second-order valence-electron chi connectivity index (χ2n) is 4.83. The Morgan fingerprint density at radius 3 is 2.63 bits per heavy atom. The van der Waals surface area contributed by atoms with E-state index in [1.54, 1.807) is 0 Å². The number of benzene rings is 1. The molecule has 0 heterocycles. The zero-order valence-electron chi connectivity index (χ0n) is 10.8. The molecule has 19 heavy (non-hydrogen) atoms. The number of aliphatic hydroxyl groups excluding tert-OH is 1. The van der Waals surface area contributed by atoms with Crippen LogP contribution in [0.5, 0.6) is 0 Å². The lowest BCUT2D eigenvalue weighted by atomic mass is 9.91. The van der Waals surface area contributed by atoms with E-state index < -0.39 is 5.54 Å². The Bertz CT molecular complexity index is 423. The topological polar surface area (TPSA) is 75.4 Å². The van der Waals surface area contributed by atoms with Gasteiger partial charge in [-0.3, -0.25) is 10.1 Å². The molecule has 1 unspecified atom stereocenters. The van der Waals surface area contributed by atoms with Crippen molar-refractivity contribution in [1.82, 2.24) is 5.32 Å². The van der Waals surface area contributed by atoms with Gasteiger partial charge in [-0.1, -0.05) is 30.3 Å². The van der Waals surface area contributed by atoms with Crippen molar-refractivity contribution in [2.24, 2.45) is 5.73 Å². The second-order valence-corrected chi connectivity index (χ2v) is 5.94. The van der Waals surface area contributed by atoms with Crippen molar-refractivity contribution in [3.63, 3.8) is 0 Å². The highest BCUT2D eigenvalue weighted by Crippen LogP contribution is 2.31. The van der Waals surface area contributed by atoms with Gasteiger partial charge >= 0.3 is 0 Å². The van der Waals surface area contributed by atoms with Crippen LogP contribution in [0, 0.1) is 0 Å². The van der Waals surface area contributed by atoms with Crippen LogP contribution in [-0.2, 0) is 10.3 Å². The quantitative estimate of drug-likeness (QED) is 0.617. The highest BCUT2D eigenvalue weighted by atomic mass is 32.2. The molecule has 0 spiro atoms. The Kier molecular flexibility index (Phi) is 4.85. The molecule has 5 heteroatoms. The predicted molar refractivity (Wildman–Crippen MR) is 77.9 cm³/mol. The summed E-state index contributed by atoms with van der Waals surface area (Å²) >= 11 is 1.54. The van der Waals surface area contributed by atoms with Crippen molar-refractivity contribution in [2.75, 3.05) is 18.1 Å². The number of amides is 1. The summed E-state index contributed by atoms with van der Waals surface area (Å²) in [6.45, 7) is 0.109. The number of hydrogen-bond acceptors (Lipinski definition) is 4. The highest BCUT2D eigenvalue weighted by molar-refractivity contribution is 7.99. The predicted octanol–water partition coefficient (Wildman–Crippen LogP) is 0.845. The third-order valence-corrected chi connectivity index (χ3v) is 4.38. The summed E-state index contributed by atoms with van der Waals surface area (Å²) in [7, 11) is 0. The summed E-state index contributed by atoms with van der Waals surface area (Å²) in [4.78, 5) is 12.1. The summed E-state index contributed by atoms with van der Waals surface area (Å²) in [6.07, 6.45) is 2.18. The number of hydrogen-bond donors (Lipinski definition) is 3. The van der Waals surface area contributed by atoms with Crippen LogP contribution in [0.15, 0.2) is 30.3 Å². The Balaban J connectivity index is 2.24. The lowest BCUT2D eigenvalue weighted by Crippen LogP contribution is -2.55. The number of carbonyl (C=O) groups is 1. The Morgan fingerprint density at radius 2 is 2.11 bits per heavy atom. The van der Waals surface area contributed by atoms with Crippen molar-refractivity contribution in [2.45, 2.75) is 24.4 Å². The van der Waals surface area contributed by atoms with Crippen LogP contribution in [0.2, 0.25) is 0 Å². The summed E-state index contributed by atoms with van der Waals surface area (Å²) < 4.78 is 0. The molecule has 0 aromatic heterocycles. The lowest BCUT2D eigenvalue weighted by Gasteiger charge is -2.32. The minimum atomic E-state index is -0.831. The molecule has 1 aromatic rings. The fourth-order valence-electron chi connectivity index (χ4n) is 2.08. The van der Waals surface area contributed by atoms with E-state index in [1.807, 2.05) is 30.3 Å². The smallest absolute Gasteiger partial charge is 0.243 e. The van der Waals surface area contributed by atoms with Gasteiger partial charge in [0.1, 0.15) is 5.54 Å². The molecule has 0 saturated heterocycles. The van der Waals surface area contributed by atoms with Gasteiger partial charge in [-0.25, -0.2) is 0 Å². The molecule has 4 N–H and O–H groups in total.